The van der Waals surface area contributed by atoms with Crippen molar-refractivity contribution in [3.8, 4) is 11.5 Å². The van der Waals surface area contributed by atoms with E-state index >= 15 is 0 Å². The van der Waals surface area contributed by atoms with Gasteiger partial charge in [0.05, 0.1) is 12.5 Å². The van der Waals surface area contributed by atoms with Gasteiger partial charge in [0.2, 0.25) is 12.7 Å². The first-order chi connectivity index (χ1) is 10.3. The minimum Gasteiger partial charge on any atom is -0.472 e. The molecule has 0 fully saturated rings. The lowest BCUT2D eigenvalue weighted by atomic mass is 10.2. The van der Waals surface area contributed by atoms with Crippen molar-refractivity contribution >= 4 is 12.0 Å². The van der Waals surface area contributed by atoms with Crippen LogP contribution in [-0.4, -0.2) is 19.2 Å². The van der Waals surface area contributed by atoms with E-state index in [1.807, 2.05) is 24.3 Å². The normalized spacial score (nSPS) is 12.8. The number of fused-ring (bicyclic) bond motifs is 1. The third-order valence-electron chi connectivity index (χ3n) is 3.12. The first-order valence-electron chi connectivity index (χ1n) is 6.68. The van der Waals surface area contributed by atoms with E-state index in [1.165, 1.54) is 6.08 Å². The lowest BCUT2D eigenvalue weighted by molar-refractivity contribution is -0.116. The first-order valence-corrected chi connectivity index (χ1v) is 6.68. The van der Waals surface area contributed by atoms with Gasteiger partial charge in [-0.1, -0.05) is 6.07 Å². The van der Waals surface area contributed by atoms with Crippen molar-refractivity contribution < 1.29 is 18.7 Å². The van der Waals surface area contributed by atoms with Gasteiger partial charge in [0.25, 0.3) is 0 Å². The predicted molar refractivity (Wildman–Crippen MR) is 77.0 cm³/mol. The highest BCUT2D eigenvalue weighted by Gasteiger charge is 2.12. The molecule has 3 rings (SSSR count). The van der Waals surface area contributed by atoms with Crippen LogP contribution in [0.2, 0.25) is 0 Å². The zero-order valence-corrected chi connectivity index (χ0v) is 11.4. The van der Waals surface area contributed by atoms with Crippen LogP contribution < -0.4 is 14.8 Å². The van der Waals surface area contributed by atoms with Gasteiger partial charge >= 0.3 is 0 Å². The minimum atomic E-state index is -0.129. The maximum absolute atomic E-state index is 11.7. The van der Waals surface area contributed by atoms with E-state index in [-0.39, 0.29) is 12.7 Å². The summed E-state index contributed by atoms with van der Waals surface area (Å²) in [6, 6.07) is 7.44. The summed E-state index contributed by atoms with van der Waals surface area (Å²) >= 11 is 0. The average Bonchev–Trinajstić information content (AvgIpc) is 3.15. The Bertz CT molecular complexity index is 646. The highest BCUT2D eigenvalue weighted by molar-refractivity contribution is 5.91. The Labute approximate surface area is 122 Å². The second-order valence-corrected chi connectivity index (χ2v) is 4.62. The predicted octanol–water partition coefficient (Wildman–Crippen LogP) is 2.38. The monoisotopic (exact) mass is 285 g/mol. The third-order valence-corrected chi connectivity index (χ3v) is 3.12. The lowest BCUT2D eigenvalue weighted by Crippen LogP contribution is -2.23. The number of hydrogen-bond acceptors (Lipinski definition) is 4. The van der Waals surface area contributed by atoms with Crippen molar-refractivity contribution in [2.24, 2.45) is 0 Å². The summed E-state index contributed by atoms with van der Waals surface area (Å²) in [5, 5.41) is 2.82. The van der Waals surface area contributed by atoms with Gasteiger partial charge in [-0.2, -0.15) is 0 Å². The molecule has 0 unspecified atom stereocenters. The molecular weight excluding hydrogens is 270 g/mol. The molecule has 0 spiro atoms. The highest BCUT2D eigenvalue weighted by Crippen LogP contribution is 2.32. The zero-order chi connectivity index (χ0) is 14.5. The fraction of sp³-hybridized carbons (Fsp3) is 0.188. The van der Waals surface area contributed by atoms with Crippen LogP contribution in [0.4, 0.5) is 0 Å². The van der Waals surface area contributed by atoms with Crippen LogP contribution in [0, 0.1) is 0 Å². The second kappa shape index (κ2) is 6.17. The van der Waals surface area contributed by atoms with Crippen molar-refractivity contribution in [1.29, 1.82) is 0 Å². The molecule has 1 amide bonds. The Morgan fingerprint density at radius 1 is 1.24 bits per heavy atom. The summed E-state index contributed by atoms with van der Waals surface area (Å²) in [6.07, 6.45) is 7.30. The van der Waals surface area contributed by atoms with Crippen LogP contribution in [0.15, 0.2) is 47.3 Å². The van der Waals surface area contributed by atoms with E-state index < -0.39 is 0 Å². The molecule has 2 aromatic rings. The molecule has 1 aliphatic heterocycles. The quantitative estimate of drug-likeness (QED) is 0.857. The fourth-order valence-electron chi connectivity index (χ4n) is 2.01. The summed E-state index contributed by atoms with van der Waals surface area (Å²) in [5.74, 6) is 1.31. The number of hydrogen-bond donors (Lipinski definition) is 1. The molecule has 0 bridgehead atoms. The Balaban J connectivity index is 1.50. The van der Waals surface area contributed by atoms with Crippen molar-refractivity contribution in [3.63, 3.8) is 0 Å². The fourth-order valence-corrected chi connectivity index (χ4v) is 2.01. The Morgan fingerprint density at radius 2 is 2.14 bits per heavy atom. The topological polar surface area (TPSA) is 60.7 Å². The van der Waals surface area contributed by atoms with Crippen molar-refractivity contribution in [1.82, 2.24) is 5.32 Å². The maximum atomic E-state index is 11.7. The first kappa shape index (κ1) is 13.3. The van der Waals surface area contributed by atoms with Crippen molar-refractivity contribution in [3.05, 3.63) is 54.0 Å². The molecule has 5 nitrogen and oxygen atoms in total. The van der Waals surface area contributed by atoms with Gasteiger partial charge in [0.1, 0.15) is 0 Å². The number of carbonyl (C=O) groups is 1. The largest absolute Gasteiger partial charge is 0.472 e. The molecule has 1 N–H and O–H groups in total. The number of benzene rings is 1. The molecule has 0 radical (unpaired) electrons. The molecule has 1 aromatic carbocycles. The average molecular weight is 285 g/mol. The number of ether oxygens (including phenoxy) is 2. The van der Waals surface area contributed by atoms with Crippen LogP contribution in [0.25, 0.3) is 6.08 Å². The van der Waals surface area contributed by atoms with Gasteiger partial charge < -0.3 is 19.2 Å². The van der Waals surface area contributed by atoms with Crippen molar-refractivity contribution in [2.45, 2.75) is 6.42 Å². The van der Waals surface area contributed by atoms with Gasteiger partial charge in [0, 0.05) is 12.6 Å². The summed E-state index contributed by atoms with van der Waals surface area (Å²) < 4.78 is 15.5. The van der Waals surface area contributed by atoms with E-state index in [0.29, 0.717) is 12.3 Å². The highest BCUT2D eigenvalue weighted by atomic mass is 16.7. The van der Waals surface area contributed by atoms with E-state index in [1.54, 1.807) is 18.6 Å². The smallest absolute Gasteiger partial charge is 0.244 e. The zero-order valence-electron chi connectivity index (χ0n) is 11.4. The van der Waals surface area contributed by atoms with E-state index in [9.17, 15) is 4.79 Å². The summed E-state index contributed by atoms with van der Waals surface area (Å²) in [5.41, 5.74) is 1.96. The van der Waals surface area contributed by atoms with Gasteiger partial charge in [-0.05, 0) is 41.8 Å². The molecule has 0 saturated carbocycles. The number of furan rings is 1. The molecule has 1 aliphatic rings. The SMILES string of the molecule is O=C(/C=C/c1ccc2c(c1)OCO2)NCCc1ccoc1. The van der Waals surface area contributed by atoms with Crippen LogP contribution in [0.3, 0.4) is 0 Å². The van der Waals surface area contributed by atoms with Gasteiger partial charge in [-0.25, -0.2) is 0 Å². The Kier molecular flexibility index (Phi) is 3.91. The Morgan fingerprint density at radius 3 is 3.00 bits per heavy atom. The Hall–Kier alpha value is -2.69. The molecule has 2 heterocycles. The molecule has 5 heteroatoms. The van der Waals surface area contributed by atoms with Crippen LogP contribution >= 0.6 is 0 Å². The third kappa shape index (κ3) is 3.45. The number of rotatable bonds is 5. The summed E-state index contributed by atoms with van der Waals surface area (Å²) in [6.45, 7) is 0.820. The van der Waals surface area contributed by atoms with Gasteiger partial charge in [-0.3, -0.25) is 4.79 Å². The molecule has 108 valence electrons. The molecule has 0 atom stereocenters. The van der Waals surface area contributed by atoms with Gasteiger partial charge in [0.15, 0.2) is 11.5 Å². The molecule has 0 aliphatic carbocycles. The number of carbonyl (C=O) groups excluding carboxylic acids is 1. The molecule has 21 heavy (non-hydrogen) atoms. The van der Waals surface area contributed by atoms with Crippen molar-refractivity contribution in [2.75, 3.05) is 13.3 Å². The van der Waals surface area contributed by atoms with E-state index in [2.05, 4.69) is 5.32 Å². The molecular formula is C16H15NO4. The van der Waals surface area contributed by atoms with E-state index in [0.717, 1.165) is 23.3 Å². The van der Waals surface area contributed by atoms with E-state index in [4.69, 9.17) is 13.9 Å². The number of nitrogens with one attached hydrogen (secondary N) is 1. The molecule has 1 aromatic heterocycles. The maximum Gasteiger partial charge on any atom is 0.244 e. The van der Waals surface area contributed by atoms with Crippen LogP contribution in [0.5, 0.6) is 11.5 Å². The standard InChI is InChI=1S/C16H15NO4/c18-16(17-7-5-13-6-8-19-10-13)4-2-12-1-3-14-15(9-12)21-11-20-14/h1-4,6,8-10H,5,7,11H2,(H,17,18)/b4-2+. The minimum absolute atomic E-state index is 0.129. The number of amides is 1. The lowest BCUT2D eigenvalue weighted by Gasteiger charge is -2.00. The summed E-state index contributed by atoms with van der Waals surface area (Å²) in [7, 11) is 0. The van der Waals surface area contributed by atoms with Crippen LogP contribution in [0.1, 0.15) is 11.1 Å². The van der Waals surface area contributed by atoms with Crippen LogP contribution in [-0.2, 0) is 11.2 Å². The summed E-state index contributed by atoms with van der Waals surface area (Å²) in [4.78, 5) is 11.7. The second-order valence-electron chi connectivity index (χ2n) is 4.62. The van der Waals surface area contributed by atoms with Gasteiger partial charge in [-0.15, -0.1) is 0 Å². The molecule has 0 saturated heterocycles.